The van der Waals surface area contributed by atoms with Gasteiger partial charge in [0, 0.05) is 0 Å². The zero-order chi connectivity index (χ0) is 8.55. The van der Waals surface area contributed by atoms with E-state index < -0.39 is 0 Å². The second-order valence-corrected chi connectivity index (χ2v) is 2.75. The van der Waals surface area contributed by atoms with E-state index in [1.54, 1.807) is 7.11 Å². The van der Waals surface area contributed by atoms with Gasteiger partial charge in [0.1, 0.15) is 5.58 Å². The third-order valence-corrected chi connectivity index (χ3v) is 1.96. The maximum absolute atomic E-state index is 5.78. The number of hydrogen-bond acceptors (Lipinski definition) is 2. The Balaban J connectivity index is 2.81. The van der Waals surface area contributed by atoms with E-state index in [9.17, 15) is 0 Å². The summed E-state index contributed by atoms with van der Waals surface area (Å²) in [6.45, 7) is 0. The molecular formula is C9H7ClO2. The first-order valence-corrected chi connectivity index (χ1v) is 3.91. The molecule has 0 amide bonds. The summed E-state index contributed by atoms with van der Waals surface area (Å²) in [6, 6.07) is 7.56. The van der Waals surface area contributed by atoms with Crippen molar-refractivity contribution in [1.82, 2.24) is 0 Å². The zero-order valence-electron chi connectivity index (χ0n) is 6.50. The molecule has 0 aliphatic carbocycles. The Kier molecular flexibility index (Phi) is 1.70. The topological polar surface area (TPSA) is 22.4 Å². The van der Waals surface area contributed by atoms with Gasteiger partial charge in [-0.1, -0.05) is 12.1 Å². The standard InChI is InChI=1S/C9H7ClO2/c1-11-8-6-4-2-3-5-7(6)12-9(8)10/h2-5H,1H3. The van der Waals surface area contributed by atoms with Gasteiger partial charge in [0.05, 0.1) is 12.5 Å². The maximum atomic E-state index is 5.78. The van der Waals surface area contributed by atoms with Crippen LogP contribution in [0.3, 0.4) is 0 Å². The van der Waals surface area contributed by atoms with Crippen molar-refractivity contribution in [3.05, 3.63) is 29.5 Å². The number of hydrogen-bond donors (Lipinski definition) is 0. The number of ether oxygens (including phenoxy) is 1. The molecule has 0 spiro atoms. The number of rotatable bonds is 1. The van der Waals surface area contributed by atoms with Crippen LogP contribution in [-0.2, 0) is 0 Å². The van der Waals surface area contributed by atoms with Gasteiger partial charge in [0.15, 0.2) is 5.75 Å². The van der Waals surface area contributed by atoms with Crippen LogP contribution in [0.4, 0.5) is 0 Å². The van der Waals surface area contributed by atoms with Gasteiger partial charge in [-0.2, -0.15) is 0 Å². The number of halogens is 1. The molecule has 3 heteroatoms. The molecular weight excluding hydrogens is 176 g/mol. The molecule has 1 aromatic heterocycles. The Hall–Kier alpha value is -1.15. The van der Waals surface area contributed by atoms with Crippen molar-refractivity contribution in [3.8, 4) is 5.75 Å². The summed E-state index contributed by atoms with van der Waals surface area (Å²) >= 11 is 5.78. The first kappa shape index (κ1) is 7.50. The lowest BCUT2D eigenvalue weighted by Gasteiger charge is -1.93. The normalized spacial score (nSPS) is 10.5. The molecule has 0 N–H and O–H groups in total. The van der Waals surface area contributed by atoms with E-state index >= 15 is 0 Å². The average Bonchev–Trinajstić information content (AvgIpc) is 2.40. The monoisotopic (exact) mass is 182 g/mol. The van der Waals surface area contributed by atoms with Crippen LogP contribution in [0, 0.1) is 0 Å². The van der Waals surface area contributed by atoms with Crippen LogP contribution in [0.5, 0.6) is 5.75 Å². The molecule has 62 valence electrons. The highest BCUT2D eigenvalue weighted by molar-refractivity contribution is 6.31. The van der Waals surface area contributed by atoms with Crippen molar-refractivity contribution in [2.45, 2.75) is 0 Å². The Bertz CT molecular complexity index is 406. The Morgan fingerprint density at radius 1 is 1.33 bits per heavy atom. The summed E-state index contributed by atoms with van der Waals surface area (Å²) < 4.78 is 10.3. The molecule has 1 aromatic carbocycles. The molecule has 0 atom stereocenters. The maximum Gasteiger partial charge on any atom is 0.236 e. The molecule has 0 saturated carbocycles. The van der Waals surface area contributed by atoms with Gasteiger partial charge in [-0.15, -0.1) is 0 Å². The minimum atomic E-state index is 0.304. The van der Waals surface area contributed by atoms with Gasteiger partial charge in [0.25, 0.3) is 0 Å². The summed E-state index contributed by atoms with van der Waals surface area (Å²) in [6.07, 6.45) is 0. The van der Waals surface area contributed by atoms with Crippen LogP contribution in [0.2, 0.25) is 5.22 Å². The fraction of sp³-hybridized carbons (Fsp3) is 0.111. The molecule has 0 aliphatic heterocycles. The van der Waals surface area contributed by atoms with Crippen LogP contribution < -0.4 is 4.74 Å². The lowest BCUT2D eigenvalue weighted by Crippen LogP contribution is -1.79. The first-order valence-electron chi connectivity index (χ1n) is 3.54. The average molecular weight is 183 g/mol. The van der Waals surface area contributed by atoms with Gasteiger partial charge in [0.2, 0.25) is 5.22 Å². The number of methoxy groups -OCH3 is 1. The molecule has 1 heterocycles. The first-order chi connectivity index (χ1) is 5.83. The van der Waals surface area contributed by atoms with E-state index in [0.717, 1.165) is 11.0 Å². The summed E-state index contributed by atoms with van der Waals surface area (Å²) in [4.78, 5) is 0. The molecule has 0 radical (unpaired) electrons. The highest BCUT2D eigenvalue weighted by Crippen LogP contribution is 2.35. The highest BCUT2D eigenvalue weighted by atomic mass is 35.5. The third kappa shape index (κ3) is 0.959. The van der Waals surface area contributed by atoms with E-state index in [1.807, 2.05) is 24.3 Å². The number of para-hydroxylation sites is 1. The number of fused-ring (bicyclic) bond motifs is 1. The fourth-order valence-electron chi connectivity index (χ4n) is 1.18. The van der Waals surface area contributed by atoms with Gasteiger partial charge in [-0.05, 0) is 23.7 Å². The minimum absolute atomic E-state index is 0.304. The van der Waals surface area contributed by atoms with Crippen LogP contribution in [0.15, 0.2) is 28.7 Å². The Labute approximate surface area is 74.7 Å². The molecule has 0 fully saturated rings. The lowest BCUT2D eigenvalue weighted by molar-refractivity contribution is 0.410. The molecule has 2 aromatic rings. The van der Waals surface area contributed by atoms with Crippen molar-refractivity contribution < 1.29 is 9.15 Å². The van der Waals surface area contributed by atoms with E-state index in [0.29, 0.717) is 11.0 Å². The highest BCUT2D eigenvalue weighted by Gasteiger charge is 2.10. The lowest BCUT2D eigenvalue weighted by atomic mass is 10.2. The van der Waals surface area contributed by atoms with Gasteiger partial charge in [-0.25, -0.2) is 0 Å². The van der Waals surface area contributed by atoms with Crippen LogP contribution >= 0.6 is 11.6 Å². The summed E-state index contributed by atoms with van der Waals surface area (Å²) in [7, 11) is 1.57. The van der Waals surface area contributed by atoms with Crippen molar-refractivity contribution in [2.24, 2.45) is 0 Å². The van der Waals surface area contributed by atoms with Crippen molar-refractivity contribution >= 4 is 22.6 Å². The summed E-state index contributed by atoms with van der Waals surface area (Å²) in [5.74, 6) is 0.604. The molecule has 2 nitrogen and oxygen atoms in total. The predicted molar refractivity (Wildman–Crippen MR) is 47.8 cm³/mol. The zero-order valence-corrected chi connectivity index (χ0v) is 7.26. The molecule has 0 bridgehead atoms. The Morgan fingerprint density at radius 3 is 2.83 bits per heavy atom. The summed E-state index contributed by atoms with van der Waals surface area (Å²) in [5.41, 5.74) is 0.749. The van der Waals surface area contributed by atoms with E-state index in [2.05, 4.69) is 0 Å². The largest absolute Gasteiger partial charge is 0.491 e. The van der Waals surface area contributed by atoms with Gasteiger partial charge < -0.3 is 9.15 Å². The molecule has 0 saturated heterocycles. The molecule has 2 rings (SSSR count). The molecule has 0 unspecified atom stereocenters. The van der Waals surface area contributed by atoms with E-state index in [-0.39, 0.29) is 0 Å². The van der Waals surface area contributed by atoms with Crippen molar-refractivity contribution in [1.29, 1.82) is 0 Å². The minimum Gasteiger partial charge on any atom is -0.491 e. The SMILES string of the molecule is COc1c(Cl)oc2ccccc12. The van der Waals surface area contributed by atoms with E-state index in [4.69, 9.17) is 20.8 Å². The second kappa shape index (κ2) is 2.72. The van der Waals surface area contributed by atoms with Gasteiger partial charge in [-0.3, -0.25) is 0 Å². The quantitative estimate of drug-likeness (QED) is 0.676. The predicted octanol–water partition coefficient (Wildman–Crippen LogP) is 3.09. The van der Waals surface area contributed by atoms with Crippen LogP contribution in [0.25, 0.3) is 11.0 Å². The Morgan fingerprint density at radius 2 is 2.08 bits per heavy atom. The van der Waals surface area contributed by atoms with Crippen molar-refractivity contribution in [2.75, 3.05) is 7.11 Å². The second-order valence-electron chi connectivity index (χ2n) is 2.41. The van der Waals surface area contributed by atoms with Crippen LogP contribution in [-0.4, -0.2) is 7.11 Å². The third-order valence-electron chi connectivity index (χ3n) is 1.71. The molecule has 0 aliphatic rings. The summed E-state index contributed by atoms with van der Waals surface area (Å²) in [5, 5.41) is 1.21. The fourth-order valence-corrected chi connectivity index (χ4v) is 1.44. The van der Waals surface area contributed by atoms with Crippen molar-refractivity contribution in [3.63, 3.8) is 0 Å². The number of benzene rings is 1. The smallest absolute Gasteiger partial charge is 0.236 e. The van der Waals surface area contributed by atoms with Crippen LogP contribution in [0.1, 0.15) is 0 Å². The molecule has 12 heavy (non-hydrogen) atoms. The van der Waals surface area contributed by atoms with Gasteiger partial charge >= 0.3 is 0 Å². The number of furan rings is 1. The van der Waals surface area contributed by atoms with E-state index in [1.165, 1.54) is 0 Å².